The number of benzene rings is 1. The van der Waals surface area contributed by atoms with Gasteiger partial charge in [0.2, 0.25) is 0 Å². The number of rotatable bonds is 7. The Labute approximate surface area is 106 Å². The Morgan fingerprint density at radius 2 is 1.82 bits per heavy atom. The second-order valence-corrected chi connectivity index (χ2v) is 5.21. The van der Waals surface area contributed by atoms with E-state index in [2.05, 4.69) is 45.0 Å². The maximum Gasteiger partial charge on any atom is -0.00456 e. The third kappa shape index (κ3) is 4.91. The highest BCUT2D eigenvalue weighted by Crippen LogP contribution is 2.21. The van der Waals surface area contributed by atoms with Crippen LogP contribution < -0.4 is 5.73 Å². The molecule has 1 rings (SSSR count). The summed E-state index contributed by atoms with van der Waals surface area (Å²) < 4.78 is 0. The second kappa shape index (κ2) is 7.50. The van der Waals surface area contributed by atoms with Gasteiger partial charge in [-0.25, -0.2) is 0 Å². The van der Waals surface area contributed by atoms with Crippen molar-refractivity contribution in [1.82, 2.24) is 0 Å². The predicted octanol–water partition coefficient (Wildman–Crippen LogP) is 3.94. The molecule has 0 radical (unpaired) electrons. The van der Waals surface area contributed by atoms with E-state index in [4.69, 9.17) is 5.73 Å². The Balaban J connectivity index is 2.57. The van der Waals surface area contributed by atoms with Crippen LogP contribution in [0.15, 0.2) is 24.3 Å². The van der Waals surface area contributed by atoms with Gasteiger partial charge in [0, 0.05) is 0 Å². The first-order valence-electron chi connectivity index (χ1n) is 6.95. The number of aryl methyl sites for hydroxylation is 1. The molecule has 0 amide bonds. The van der Waals surface area contributed by atoms with Crippen LogP contribution in [0.2, 0.25) is 0 Å². The topological polar surface area (TPSA) is 26.0 Å². The number of hydrogen-bond acceptors (Lipinski definition) is 1. The average molecular weight is 233 g/mol. The first kappa shape index (κ1) is 14.2. The summed E-state index contributed by atoms with van der Waals surface area (Å²) in [5, 5.41) is 0. The predicted molar refractivity (Wildman–Crippen MR) is 76.1 cm³/mol. The number of hydrogen-bond donors (Lipinski definition) is 1. The van der Waals surface area contributed by atoms with Gasteiger partial charge >= 0.3 is 0 Å². The average Bonchev–Trinajstić information content (AvgIpc) is 2.34. The van der Waals surface area contributed by atoms with Gasteiger partial charge < -0.3 is 5.73 Å². The highest BCUT2D eigenvalue weighted by atomic mass is 14.5. The summed E-state index contributed by atoms with van der Waals surface area (Å²) in [6.45, 7) is 7.54. The molecule has 0 saturated carbocycles. The SMILES string of the molecule is CCC(CC)CC(CN)Cc1cccc(C)c1. The van der Waals surface area contributed by atoms with Crippen LogP contribution in [-0.4, -0.2) is 6.54 Å². The molecule has 1 aromatic carbocycles. The zero-order valence-electron chi connectivity index (χ0n) is 11.6. The maximum atomic E-state index is 5.92. The third-order valence-electron chi connectivity index (χ3n) is 3.76. The lowest BCUT2D eigenvalue weighted by atomic mass is 9.86. The Hall–Kier alpha value is -0.820. The van der Waals surface area contributed by atoms with Crippen molar-refractivity contribution in [3.63, 3.8) is 0 Å². The highest BCUT2D eigenvalue weighted by molar-refractivity contribution is 5.22. The Morgan fingerprint density at radius 3 is 2.35 bits per heavy atom. The molecule has 17 heavy (non-hydrogen) atoms. The van der Waals surface area contributed by atoms with Crippen LogP contribution >= 0.6 is 0 Å². The molecule has 0 saturated heterocycles. The van der Waals surface area contributed by atoms with Gasteiger partial charge in [-0.2, -0.15) is 0 Å². The fraction of sp³-hybridized carbons (Fsp3) is 0.625. The summed E-state index contributed by atoms with van der Waals surface area (Å²) in [7, 11) is 0. The fourth-order valence-corrected chi connectivity index (χ4v) is 2.53. The van der Waals surface area contributed by atoms with E-state index in [0.717, 1.165) is 18.9 Å². The van der Waals surface area contributed by atoms with Crippen molar-refractivity contribution < 1.29 is 0 Å². The van der Waals surface area contributed by atoms with Crippen LogP contribution in [0.3, 0.4) is 0 Å². The zero-order valence-corrected chi connectivity index (χ0v) is 11.6. The minimum absolute atomic E-state index is 0.640. The maximum absolute atomic E-state index is 5.92. The highest BCUT2D eigenvalue weighted by Gasteiger charge is 2.13. The van der Waals surface area contributed by atoms with E-state index in [0.29, 0.717) is 5.92 Å². The van der Waals surface area contributed by atoms with Crippen LogP contribution in [-0.2, 0) is 6.42 Å². The summed E-state index contributed by atoms with van der Waals surface area (Å²) in [4.78, 5) is 0. The third-order valence-corrected chi connectivity index (χ3v) is 3.76. The molecule has 1 unspecified atom stereocenters. The van der Waals surface area contributed by atoms with Gasteiger partial charge in [0.1, 0.15) is 0 Å². The van der Waals surface area contributed by atoms with Crippen molar-refractivity contribution in [3.8, 4) is 0 Å². The van der Waals surface area contributed by atoms with E-state index >= 15 is 0 Å². The molecule has 96 valence electrons. The monoisotopic (exact) mass is 233 g/mol. The summed E-state index contributed by atoms with van der Waals surface area (Å²) in [5.41, 5.74) is 8.70. The lowest BCUT2D eigenvalue weighted by Crippen LogP contribution is -2.20. The molecule has 0 heterocycles. The van der Waals surface area contributed by atoms with Gasteiger partial charge in [-0.05, 0) is 43.7 Å². The molecule has 2 N–H and O–H groups in total. The minimum Gasteiger partial charge on any atom is -0.330 e. The molecule has 0 bridgehead atoms. The molecule has 1 nitrogen and oxygen atoms in total. The molecule has 0 aliphatic rings. The van der Waals surface area contributed by atoms with Crippen molar-refractivity contribution in [1.29, 1.82) is 0 Å². The van der Waals surface area contributed by atoms with Gasteiger partial charge in [0.15, 0.2) is 0 Å². The largest absolute Gasteiger partial charge is 0.330 e. The van der Waals surface area contributed by atoms with E-state index < -0.39 is 0 Å². The van der Waals surface area contributed by atoms with Crippen LogP contribution in [0, 0.1) is 18.8 Å². The molecule has 1 atom stereocenters. The standard InChI is InChI=1S/C16H27N/c1-4-14(5-2)10-16(12-17)11-15-8-6-7-13(3)9-15/h6-9,14,16H,4-5,10-12,17H2,1-3H3. The normalized spacial score (nSPS) is 13.0. The summed E-state index contributed by atoms with van der Waals surface area (Å²) >= 11 is 0. The lowest BCUT2D eigenvalue weighted by Gasteiger charge is -2.20. The first-order chi connectivity index (χ1) is 8.19. The molecule has 0 fully saturated rings. The molecule has 0 spiro atoms. The molecule has 0 aliphatic carbocycles. The smallest absolute Gasteiger partial charge is 0.00456 e. The lowest BCUT2D eigenvalue weighted by molar-refractivity contribution is 0.356. The zero-order chi connectivity index (χ0) is 12.7. The molecular formula is C16H27N. The van der Waals surface area contributed by atoms with Gasteiger partial charge in [0.05, 0.1) is 0 Å². The second-order valence-electron chi connectivity index (χ2n) is 5.21. The van der Waals surface area contributed by atoms with Crippen LogP contribution in [0.1, 0.15) is 44.2 Å². The molecule has 1 heteroatoms. The van der Waals surface area contributed by atoms with E-state index in [1.807, 2.05) is 0 Å². The summed E-state index contributed by atoms with van der Waals surface area (Å²) in [6, 6.07) is 8.81. The summed E-state index contributed by atoms with van der Waals surface area (Å²) in [6.07, 6.45) is 4.97. The Bertz CT molecular complexity index is 315. The molecule has 0 aromatic heterocycles. The van der Waals surface area contributed by atoms with Gasteiger partial charge in [-0.1, -0.05) is 56.5 Å². The van der Waals surface area contributed by atoms with Crippen molar-refractivity contribution in [2.75, 3.05) is 6.54 Å². The van der Waals surface area contributed by atoms with Crippen molar-refractivity contribution in [2.45, 2.75) is 46.5 Å². The van der Waals surface area contributed by atoms with E-state index in [1.165, 1.54) is 30.4 Å². The summed E-state index contributed by atoms with van der Waals surface area (Å²) in [5.74, 6) is 1.48. The van der Waals surface area contributed by atoms with Crippen molar-refractivity contribution in [2.24, 2.45) is 17.6 Å². The van der Waals surface area contributed by atoms with Gasteiger partial charge in [-0.3, -0.25) is 0 Å². The quantitative estimate of drug-likeness (QED) is 0.758. The van der Waals surface area contributed by atoms with E-state index in [-0.39, 0.29) is 0 Å². The number of nitrogens with two attached hydrogens (primary N) is 1. The van der Waals surface area contributed by atoms with Crippen molar-refractivity contribution in [3.05, 3.63) is 35.4 Å². The van der Waals surface area contributed by atoms with Crippen LogP contribution in [0.25, 0.3) is 0 Å². The minimum atomic E-state index is 0.640. The van der Waals surface area contributed by atoms with Crippen LogP contribution in [0.4, 0.5) is 0 Å². The molecule has 1 aromatic rings. The Morgan fingerprint density at radius 1 is 1.12 bits per heavy atom. The van der Waals surface area contributed by atoms with Gasteiger partial charge in [0.25, 0.3) is 0 Å². The van der Waals surface area contributed by atoms with Gasteiger partial charge in [-0.15, -0.1) is 0 Å². The van der Waals surface area contributed by atoms with Crippen LogP contribution in [0.5, 0.6) is 0 Å². The van der Waals surface area contributed by atoms with E-state index in [1.54, 1.807) is 0 Å². The first-order valence-corrected chi connectivity index (χ1v) is 6.95. The van der Waals surface area contributed by atoms with Crippen molar-refractivity contribution >= 4 is 0 Å². The fourth-order valence-electron chi connectivity index (χ4n) is 2.53. The molecule has 0 aliphatic heterocycles. The Kier molecular flexibility index (Phi) is 6.28. The van der Waals surface area contributed by atoms with E-state index in [9.17, 15) is 0 Å². The molecular weight excluding hydrogens is 206 g/mol.